The first-order valence-corrected chi connectivity index (χ1v) is 6.70. The first kappa shape index (κ1) is 13.7. The van der Waals surface area contributed by atoms with E-state index in [1.165, 1.54) is 0 Å². The fourth-order valence-corrected chi connectivity index (χ4v) is 2.45. The fourth-order valence-electron chi connectivity index (χ4n) is 2.45. The molecule has 0 fully saturated rings. The molecular formula is C16H20O3. The van der Waals surface area contributed by atoms with Crippen molar-refractivity contribution in [3.8, 4) is 0 Å². The molecule has 1 aromatic carbocycles. The molecule has 0 aliphatic carbocycles. The number of carbonyl (C=O) groups excluding carboxylic acids is 1. The van der Waals surface area contributed by atoms with Gasteiger partial charge in [-0.25, -0.2) is 4.79 Å². The number of cyclic esters (lactones) is 1. The van der Waals surface area contributed by atoms with Gasteiger partial charge in [-0.2, -0.15) is 0 Å². The van der Waals surface area contributed by atoms with Crippen molar-refractivity contribution in [2.24, 2.45) is 5.92 Å². The molecule has 0 saturated heterocycles. The molecular weight excluding hydrogens is 240 g/mol. The van der Waals surface area contributed by atoms with E-state index in [0.29, 0.717) is 12.3 Å². The van der Waals surface area contributed by atoms with Crippen molar-refractivity contribution in [2.45, 2.75) is 38.7 Å². The summed E-state index contributed by atoms with van der Waals surface area (Å²) < 4.78 is 5.61. The van der Waals surface area contributed by atoms with Gasteiger partial charge in [0.15, 0.2) is 0 Å². The van der Waals surface area contributed by atoms with Gasteiger partial charge in [0.25, 0.3) is 0 Å². The van der Waals surface area contributed by atoms with E-state index < -0.39 is 11.6 Å². The predicted octanol–water partition coefficient (Wildman–Crippen LogP) is 3.71. The molecule has 1 aromatic rings. The van der Waals surface area contributed by atoms with Gasteiger partial charge < -0.3 is 9.84 Å². The summed E-state index contributed by atoms with van der Waals surface area (Å²) >= 11 is 0. The van der Waals surface area contributed by atoms with Crippen LogP contribution in [0.25, 0.3) is 0 Å². The largest absolute Gasteiger partial charge is 0.512 e. The standard InChI is InChI=1S/C16H20O3/c1-12(2)8-9-16(13-6-4-3-5-7-13)11-14(17)10-15(18)19-16/h3-7,10,12,17H,8-9,11H2,1-2H3. The minimum atomic E-state index is -0.721. The summed E-state index contributed by atoms with van der Waals surface area (Å²) in [6.07, 6.45) is 3.18. The van der Waals surface area contributed by atoms with E-state index in [0.717, 1.165) is 24.5 Å². The summed E-state index contributed by atoms with van der Waals surface area (Å²) in [5.41, 5.74) is 0.227. The number of esters is 1. The van der Waals surface area contributed by atoms with Crippen molar-refractivity contribution in [1.29, 1.82) is 0 Å². The highest BCUT2D eigenvalue weighted by Crippen LogP contribution is 2.40. The summed E-state index contributed by atoms with van der Waals surface area (Å²) in [5.74, 6) is 0.160. The number of hydrogen-bond acceptors (Lipinski definition) is 3. The normalized spacial score (nSPS) is 23.1. The summed E-state index contributed by atoms with van der Waals surface area (Å²) in [4.78, 5) is 11.6. The average molecular weight is 260 g/mol. The molecule has 0 bridgehead atoms. The number of ether oxygens (including phenoxy) is 1. The highest BCUT2D eigenvalue weighted by Gasteiger charge is 2.39. The molecule has 2 rings (SSSR count). The lowest BCUT2D eigenvalue weighted by Gasteiger charge is -2.36. The van der Waals surface area contributed by atoms with Crippen LogP contribution in [0.4, 0.5) is 0 Å². The van der Waals surface area contributed by atoms with Crippen LogP contribution in [-0.2, 0) is 15.1 Å². The molecule has 0 aromatic heterocycles. The smallest absolute Gasteiger partial charge is 0.335 e. The summed E-state index contributed by atoms with van der Waals surface area (Å²) in [6.45, 7) is 4.28. The van der Waals surface area contributed by atoms with Crippen LogP contribution in [-0.4, -0.2) is 11.1 Å². The van der Waals surface area contributed by atoms with Crippen molar-refractivity contribution in [1.82, 2.24) is 0 Å². The Morgan fingerprint density at radius 1 is 1.32 bits per heavy atom. The van der Waals surface area contributed by atoms with Gasteiger partial charge in [0.1, 0.15) is 11.4 Å². The van der Waals surface area contributed by atoms with Gasteiger partial charge in [-0.05, 0) is 24.3 Å². The van der Waals surface area contributed by atoms with Gasteiger partial charge in [-0.1, -0.05) is 44.2 Å². The predicted molar refractivity (Wildman–Crippen MR) is 73.6 cm³/mol. The van der Waals surface area contributed by atoms with Crippen molar-refractivity contribution in [3.05, 3.63) is 47.7 Å². The Hall–Kier alpha value is -1.77. The zero-order chi connectivity index (χ0) is 13.9. The van der Waals surface area contributed by atoms with Crippen LogP contribution >= 0.6 is 0 Å². The zero-order valence-electron chi connectivity index (χ0n) is 11.4. The summed E-state index contributed by atoms with van der Waals surface area (Å²) in [7, 11) is 0. The first-order valence-electron chi connectivity index (χ1n) is 6.70. The second-order valence-electron chi connectivity index (χ2n) is 5.53. The Balaban J connectivity index is 2.34. The van der Waals surface area contributed by atoms with Gasteiger partial charge in [0.2, 0.25) is 0 Å². The second-order valence-corrected chi connectivity index (χ2v) is 5.53. The van der Waals surface area contributed by atoms with Crippen molar-refractivity contribution < 1.29 is 14.6 Å². The molecule has 0 saturated carbocycles. The number of aliphatic hydroxyl groups excluding tert-OH is 1. The zero-order valence-corrected chi connectivity index (χ0v) is 11.4. The average Bonchev–Trinajstić information content (AvgIpc) is 2.36. The molecule has 1 N–H and O–H groups in total. The van der Waals surface area contributed by atoms with Crippen LogP contribution < -0.4 is 0 Å². The minimum Gasteiger partial charge on any atom is -0.512 e. The van der Waals surface area contributed by atoms with E-state index in [1.807, 2.05) is 30.3 Å². The molecule has 1 unspecified atom stereocenters. The Morgan fingerprint density at radius 3 is 2.58 bits per heavy atom. The van der Waals surface area contributed by atoms with Gasteiger partial charge >= 0.3 is 5.97 Å². The van der Waals surface area contributed by atoms with Crippen LogP contribution in [0.15, 0.2) is 42.2 Å². The third-order valence-corrected chi connectivity index (χ3v) is 3.47. The third-order valence-electron chi connectivity index (χ3n) is 3.47. The highest BCUT2D eigenvalue weighted by molar-refractivity contribution is 5.84. The number of hydrogen-bond donors (Lipinski definition) is 1. The molecule has 1 heterocycles. The summed E-state index contributed by atoms with van der Waals surface area (Å²) in [5, 5.41) is 9.80. The first-order chi connectivity index (χ1) is 9.02. The van der Waals surface area contributed by atoms with E-state index in [-0.39, 0.29) is 5.76 Å². The topological polar surface area (TPSA) is 46.5 Å². The Bertz CT molecular complexity index is 476. The molecule has 3 nitrogen and oxygen atoms in total. The lowest BCUT2D eigenvalue weighted by molar-refractivity contribution is -0.160. The lowest BCUT2D eigenvalue weighted by atomic mass is 9.82. The molecule has 1 atom stereocenters. The van der Waals surface area contributed by atoms with Crippen LogP contribution in [0, 0.1) is 5.92 Å². The molecule has 0 radical (unpaired) electrons. The molecule has 1 aliphatic heterocycles. The van der Waals surface area contributed by atoms with Crippen molar-refractivity contribution >= 4 is 5.97 Å². The Labute approximate surface area is 113 Å². The van der Waals surface area contributed by atoms with E-state index >= 15 is 0 Å². The van der Waals surface area contributed by atoms with Crippen molar-refractivity contribution in [3.63, 3.8) is 0 Å². The number of carbonyl (C=O) groups is 1. The quantitative estimate of drug-likeness (QED) is 0.839. The van der Waals surface area contributed by atoms with E-state index in [4.69, 9.17) is 4.74 Å². The Kier molecular flexibility index (Phi) is 3.93. The molecule has 3 heteroatoms. The maximum atomic E-state index is 11.6. The summed E-state index contributed by atoms with van der Waals surface area (Å²) in [6, 6.07) is 9.68. The van der Waals surface area contributed by atoms with Gasteiger partial charge in [-0.15, -0.1) is 0 Å². The van der Waals surface area contributed by atoms with Crippen LogP contribution in [0.5, 0.6) is 0 Å². The number of aliphatic hydroxyl groups is 1. The van der Waals surface area contributed by atoms with Crippen LogP contribution in [0.3, 0.4) is 0 Å². The fraction of sp³-hybridized carbons (Fsp3) is 0.438. The van der Waals surface area contributed by atoms with Crippen LogP contribution in [0.2, 0.25) is 0 Å². The molecule has 0 amide bonds. The molecule has 19 heavy (non-hydrogen) atoms. The van der Waals surface area contributed by atoms with Gasteiger partial charge in [0.05, 0.1) is 6.08 Å². The number of rotatable bonds is 4. The molecule has 0 spiro atoms. The van der Waals surface area contributed by atoms with Gasteiger partial charge in [-0.3, -0.25) is 0 Å². The highest BCUT2D eigenvalue weighted by atomic mass is 16.6. The minimum absolute atomic E-state index is 0.101. The van der Waals surface area contributed by atoms with Crippen molar-refractivity contribution in [2.75, 3.05) is 0 Å². The monoisotopic (exact) mass is 260 g/mol. The second kappa shape index (κ2) is 5.47. The maximum absolute atomic E-state index is 11.6. The molecule has 1 aliphatic rings. The van der Waals surface area contributed by atoms with Gasteiger partial charge in [0, 0.05) is 6.42 Å². The lowest BCUT2D eigenvalue weighted by Crippen LogP contribution is -2.36. The van der Waals surface area contributed by atoms with Crippen LogP contribution in [0.1, 0.15) is 38.7 Å². The molecule has 102 valence electrons. The van der Waals surface area contributed by atoms with E-state index in [2.05, 4.69) is 13.8 Å². The maximum Gasteiger partial charge on any atom is 0.335 e. The SMILES string of the molecule is CC(C)CCC1(c2ccccc2)CC(O)=CC(=O)O1. The number of benzene rings is 1. The third kappa shape index (κ3) is 3.16. The van der Waals surface area contributed by atoms with E-state index in [1.54, 1.807) is 0 Å². The Morgan fingerprint density at radius 2 is 2.00 bits per heavy atom. The van der Waals surface area contributed by atoms with E-state index in [9.17, 15) is 9.90 Å².